The SMILES string of the molecule is O=C1Cc2cc(C(O)c3ccc(Cl)o3)c(Cl)cc2N1. The second kappa shape index (κ2) is 4.56. The second-order valence-corrected chi connectivity index (χ2v) is 5.08. The van der Waals surface area contributed by atoms with Gasteiger partial charge in [0.25, 0.3) is 0 Å². The fraction of sp³-hybridized carbons (Fsp3) is 0.154. The molecule has 1 aromatic heterocycles. The molecule has 0 saturated carbocycles. The Morgan fingerprint density at radius 2 is 2.11 bits per heavy atom. The first kappa shape index (κ1) is 12.5. The number of furan rings is 1. The number of hydrogen-bond acceptors (Lipinski definition) is 3. The third-order valence-electron chi connectivity index (χ3n) is 3.01. The fourth-order valence-corrected chi connectivity index (χ4v) is 2.52. The number of rotatable bonds is 2. The zero-order valence-electron chi connectivity index (χ0n) is 9.61. The Balaban J connectivity index is 2.02. The smallest absolute Gasteiger partial charge is 0.228 e. The average Bonchev–Trinajstić information content (AvgIpc) is 2.92. The van der Waals surface area contributed by atoms with Crippen LogP contribution in [-0.4, -0.2) is 11.0 Å². The molecule has 2 aromatic rings. The van der Waals surface area contributed by atoms with E-state index < -0.39 is 6.10 Å². The van der Waals surface area contributed by atoms with E-state index in [4.69, 9.17) is 27.6 Å². The summed E-state index contributed by atoms with van der Waals surface area (Å²) in [6, 6.07) is 6.47. The van der Waals surface area contributed by atoms with Gasteiger partial charge in [-0.25, -0.2) is 0 Å². The molecule has 4 nitrogen and oxygen atoms in total. The largest absolute Gasteiger partial charge is 0.447 e. The summed E-state index contributed by atoms with van der Waals surface area (Å²) in [5, 5.41) is 13.5. The van der Waals surface area contributed by atoms with Gasteiger partial charge in [0.05, 0.1) is 6.42 Å². The number of anilines is 1. The highest BCUT2D eigenvalue weighted by atomic mass is 35.5. The minimum atomic E-state index is -1.01. The number of aliphatic hydroxyl groups excluding tert-OH is 1. The van der Waals surface area contributed by atoms with Crippen LogP contribution in [0.2, 0.25) is 10.2 Å². The van der Waals surface area contributed by atoms with Gasteiger partial charge in [0.1, 0.15) is 11.9 Å². The minimum Gasteiger partial charge on any atom is -0.447 e. The maximum Gasteiger partial charge on any atom is 0.228 e. The van der Waals surface area contributed by atoms with Crippen molar-refractivity contribution in [2.75, 3.05) is 5.32 Å². The first-order chi connectivity index (χ1) is 9.04. The van der Waals surface area contributed by atoms with E-state index in [2.05, 4.69) is 5.32 Å². The van der Waals surface area contributed by atoms with E-state index in [1.165, 1.54) is 0 Å². The number of fused-ring (bicyclic) bond motifs is 1. The van der Waals surface area contributed by atoms with Gasteiger partial charge in [0, 0.05) is 16.3 Å². The molecule has 0 saturated heterocycles. The van der Waals surface area contributed by atoms with E-state index in [-0.39, 0.29) is 17.5 Å². The molecule has 3 rings (SSSR count). The summed E-state index contributed by atoms with van der Waals surface area (Å²) in [6.07, 6.45) is -0.730. The first-order valence-corrected chi connectivity index (χ1v) is 6.35. The maximum atomic E-state index is 11.3. The summed E-state index contributed by atoms with van der Waals surface area (Å²) in [7, 11) is 0. The minimum absolute atomic E-state index is 0.0845. The van der Waals surface area contributed by atoms with Gasteiger partial charge >= 0.3 is 0 Å². The molecule has 0 spiro atoms. The third-order valence-corrected chi connectivity index (χ3v) is 3.54. The molecule has 1 atom stereocenters. The highest BCUT2D eigenvalue weighted by Gasteiger charge is 2.24. The Morgan fingerprint density at radius 1 is 1.32 bits per heavy atom. The molecule has 0 bridgehead atoms. The number of carbonyl (C=O) groups is 1. The molecule has 2 N–H and O–H groups in total. The molecule has 6 heteroatoms. The lowest BCUT2D eigenvalue weighted by molar-refractivity contribution is -0.115. The van der Waals surface area contributed by atoms with Gasteiger partial charge < -0.3 is 14.8 Å². The molecule has 1 aromatic carbocycles. The number of nitrogens with one attached hydrogen (secondary N) is 1. The van der Waals surface area contributed by atoms with E-state index in [9.17, 15) is 9.90 Å². The number of halogens is 2. The van der Waals surface area contributed by atoms with Crippen molar-refractivity contribution in [3.8, 4) is 0 Å². The van der Waals surface area contributed by atoms with Crippen molar-refractivity contribution in [2.45, 2.75) is 12.5 Å². The molecular weight excluding hydrogens is 289 g/mol. The van der Waals surface area contributed by atoms with Gasteiger partial charge in [0.15, 0.2) is 5.22 Å². The fourth-order valence-electron chi connectivity index (χ4n) is 2.11. The summed E-state index contributed by atoms with van der Waals surface area (Å²) in [5.41, 5.74) is 1.98. The summed E-state index contributed by atoms with van der Waals surface area (Å²) in [6.45, 7) is 0. The number of hydrogen-bond donors (Lipinski definition) is 2. The van der Waals surface area contributed by atoms with Crippen molar-refractivity contribution >= 4 is 34.8 Å². The molecule has 1 unspecified atom stereocenters. The predicted octanol–water partition coefficient (Wildman–Crippen LogP) is 3.16. The van der Waals surface area contributed by atoms with Crippen molar-refractivity contribution in [3.05, 3.63) is 51.4 Å². The van der Waals surface area contributed by atoms with Crippen LogP contribution < -0.4 is 5.32 Å². The summed E-state index contributed by atoms with van der Waals surface area (Å²) >= 11 is 11.8. The zero-order valence-corrected chi connectivity index (χ0v) is 11.1. The standard InChI is InChI=1S/C13H9Cl2NO3/c14-8-5-9-6(4-12(17)16-9)3-7(8)13(18)10-1-2-11(15)19-10/h1-3,5,13,18H,4H2,(H,16,17). The van der Waals surface area contributed by atoms with Crippen molar-refractivity contribution in [1.82, 2.24) is 0 Å². The molecule has 0 fully saturated rings. The topological polar surface area (TPSA) is 62.5 Å². The molecule has 1 amide bonds. The van der Waals surface area contributed by atoms with Crippen LogP contribution >= 0.6 is 23.2 Å². The maximum absolute atomic E-state index is 11.3. The predicted molar refractivity (Wildman–Crippen MR) is 71.6 cm³/mol. The second-order valence-electron chi connectivity index (χ2n) is 4.30. The summed E-state index contributed by atoms with van der Waals surface area (Å²) in [4.78, 5) is 11.3. The van der Waals surface area contributed by atoms with E-state index in [1.54, 1.807) is 24.3 Å². The van der Waals surface area contributed by atoms with Crippen LogP contribution in [0.25, 0.3) is 0 Å². The van der Waals surface area contributed by atoms with Gasteiger partial charge in [-0.3, -0.25) is 4.79 Å². The summed E-state index contributed by atoms with van der Waals surface area (Å²) in [5.74, 6) is 0.225. The van der Waals surface area contributed by atoms with E-state index in [0.717, 1.165) is 5.56 Å². The lowest BCUT2D eigenvalue weighted by Gasteiger charge is -2.12. The zero-order chi connectivity index (χ0) is 13.6. The number of amides is 1. The molecular formula is C13H9Cl2NO3. The van der Waals surface area contributed by atoms with Gasteiger partial charge in [-0.1, -0.05) is 11.6 Å². The van der Waals surface area contributed by atoms with E-state index in [1.807, 2.05) is 0 Å². The molecule has 2 heterocycles. The highest BCUT2D eigenvalue weighted by Crippen LogP contribution is 2.35. The van der Waals surface area contributed by atoms with Crippen LogP contribution in [0, 0.1) is 0 Å². The van der Waals surface area contributed by atoms with Crippen LogP contribution in [-0.2, 0) is 11.2 Å². The monoisotopic (exact) mass is 297 g/mol. The molecule has 1 aliphatic heterocycles. The van der Waals surface area contributed by atoms with Crippen molar-refractivity contribution in [1.29, 1.82) is 0 Å². The van der Waals surface area contributed by atoms with Crippen LogP contribution in [0.5, 0.6) is 0 Å². The molecule has 1 aliphatic rings. The molecule has 19 heavy (non-hydrogen) atoms. The Labute approximate surface area is 118 Å². The van der Waals surface area contributed by atoms with Crippen LogP contribution in [0.4, 0.5) is 5.69 Å². The Kier molecular flexibility index (Phi) is 3.01. The van der Waals surface area contributed by atoms with E-state index >= 15 is 0 Å². The van der Waals surface area contributed by atoms with Crippen molar-refractivity contribution in [2.24, 2.45) is 0 Å². The Hall–Kier alpha value is -1.49. The van der Waals surface area contributed by atoms with Crippen LogP contribution in [0.15, 0.2) is 28.7 Å². The van der Waals surface area contributed by atoms with Gasteiger partial charge in [-0.15, -0.1) is 0 Å². The Bertz CT molecular complexity index is 666. The normalized spacial score (nSPS) is 15.2. The molecule has 98 valence electrons. The van der Waals surface area contributed by atoms with Crippen LogP contribution in [0.1, 0.15) is 23.0 Å². The van der Waals surface area contributed by atoms with Crippen molar-refractivity contribution in [3.63, 3.8) is 0 Å². The first-order valence-electron chi connectivity index (χ1n) is 5.60. The molecule has 0 radical (unpaired) electrons. The van der Waals surface area contributed by atoms with Crippen molar-refractivity contribution < 1.29 is 14.3 Å². The molecule has 0 aliphatic carbocycles. The quantitative estimate of drug-likeness (QED) is 0.895. The number of benzene rings is 1. The lowest BCUT2D eigenvalue weighted by atomic mass is 10.0. The highest BCUT2D eigenvalue weighted by molar-refractivity contribution is 6.32. The lowest BCUT2D eigenvalue weighted by Crippen LogP contribution is -2.03. The van der Waals surface area contributed by atoms with Gasteiger partial charge in [-0.05, 0) is 41.4 Å². The third kappa shape index (κ3) is 2.23. The summed E-state index contributed by atoms with van der Waals surface area (Å²) < 4.78 is 5.17. The average molecular weight is 298 g/mol. The Morgan fingerprint density at radius 3 is 2.79 bits per heavy atom. The number of aliphatic hydroxyl groups is 1. The van der Waals surface area contributed by atoms with Gasteiger partial charge in [-0.2, -0.15) is 0 Å². The number of carbonyl (C=O) groups excluding carboxylic acids is 1. The van der Waals surface area contributed by atoms with Gasteiger partial charge in [0.2, 0.25) is 5.91 Å². The van der Waals surface area contributed by atoms with E-state index in [0.29, 0.717) is 22.0 Å². The van der Waals surface area contributed by atoms with Crippen LogP contribution in [0.3, 0.4) is 0 Å².